The molecule has 1 aromatic rings. The van der Waals surface area contributed by atoms with E-state index in [1.807, 2.05) is 6.07 Å². The summed E-state index contributed by atoms with van der Waals surface area (Å²) in [4.78, 5) is 2.50. The molecule has 0 unspecified atom stereocenters. The first-order valence-corrected chi connectivity index (χ1v) is 5.82. The van der Waals surface area contributed by atoms with E-state index in [4.69, 9.17) is 5.73 Å². The van der Waals surface area contributed by atoms with Gasteiger partial charge < -0.3 is 5.73 Å². The van der Waals surface area contributed by atoms with Crippen LogP contribution in [-0.4, -0.2) is 24.0 Å². The third-order valence-corrected chi connectivity index (χ3v) is 3.35. The van der Waals surface area contributed by atoms with Gasteiger partial charge in [0.05, 0.1) is 0 Å². The zero-order valence-electron chi connectivity index (χ0n) is 9.39. The van der Waals surface area contributed by atoms with Crippen LogP contribution in [0.15, 0.2) is 30.3 Å². The lowest BCUT2D eigenvalue weighted by molar-refractivity contribution is 0.252. The zero-order chi connectivity index (χ0) is 10.7. The molecule has 1 aliphatic rings. The van der Waals surface area contributed by atoms with Gasteiger partial charge in [0.25, 0.3) is 0 Å². The topological polar surface area (TPSA) is 29.3 Å². The normalized spacial score (nSPS) is 24.3. The summed E-state index contributed by atoms with van der Waals surface area (Å²) >= 11 is 0. The van der Waals surface area contributed by atoms with Gasteiger partial charge >= 0.3 is 0 Å². The highest BCUT2D eigenvalue weighted by Gasteiger charge is 2.22. The Bertz CT molecular complexity index is 297. The smallest absolute Gasteiger partial charge is 0.0424 e. The van der Waals surface area contributed by atoms with Gasteiger partial charge in [0.2, 0.25) is 0 Å². The van der Waals surface area contributed by atoms with Crippen LogP contribution in [-0.2, 0) is 0 Å². The second-order valence-electron chi connectivity index (χ2n) is 4.50. The van der Waals surface area contributed by atoms with Crippen LogP contribution < -0.4 is 5.73 Å². The average Bonchev–Trinajstić information content (AvgIpc) is 2.66. The molecule has 0 radical (unpaired) electrons. The molecule has 1 fully saturated rings. The fraction of sp³-hybridized carbons (Fsp3) is 0.538. The van der Waals surface area contributed by atoms with Crippen LogP contribution in [0.2, 0.25) is 0 Å². The van der Waals surface area contributed by atoms with Gasteiger partial charge in [-0.05, 0) is 31.9 Å². The Hall–Kier alpha value is -0.860. The van der Waals surface area contributed by atoms with Gasteiger partial charge in [-0.1, -0.05) is 30.3 Å². The lowest BCUT2D eigenvalue weighted by Crippen LogP contribution is -2.34. The SMILES string of the molecule is C[C@H]1CCCN1C[C@@H](N)c1ccccc1. The number of nitrogens with zero attached hydrogens (tertiary/aromatic N) is 1. The van der Waals surface area contributed by atoms with Gasteiger partial charge in [-0.25, -0.2) is 0 Å². The first kappa shape index (κ1) is 10.7. The summed E-state index contributed by atoms with van der Waals surface area (Å²) in [6, 6.07) is 11.3. The quantitative estimate of drug-likeness (QED) is 0.817. The molecule has 15 heavy (non-hydrogen) atoms. The lowest BCUT2D eigenvalue weighted by Gasteiger charge is -2.24. The van der Waals surface area contributed by atoms with Crippen molar-refractivity contribution >= 4 is 0 Å². The molecular formula is C13H20N2. The monoisotopic (exact) mass is 204 g/mol. The minimum atomic E-state index is 0.159. The largest absolute Gasteiger partial charge is 0.323 e. The summed E-state index contributed by atoms with van der Waals surface area (Å²) in [6.45, 7) is 4.50. The van der Waals surface area contributed by atoms with Crippen molar-refractivity contribution in [2.45, 2.75) is 31.8 Å². The molecule has 2 atom stereocenters. The molecule has 2 N–H and O–H groups in total. The molecule has 0 saturated carbocycles. The lowest BCUT2D eigenvalue weighted by atomic mass is 10.1. The second-order valence-corrected chi connectivity index (χ2v) is 4.50. The van der Waals surface area contributed by atoms with E-state index in [-0.39, 0.29) is 6.04 Å². The summed E-state index contributed by atoms with van der Waals surface area (Å²) in [5.74, 6) is 0. The van der Waals surface area contributed by atoms with Crippen molar-refractivity contribution in [3.63, 3.8) is 0 Å². The molecule has 1 saturated heterocycles. The van der Waals surface area contributed by atoms with E-state index < -0.39 is 0 Å². The highest BCUT2D eigenvalue weighted by molar-refractivity contribution is 5.18. The Morgan fingerprint density at radius 1 is 1.40 bits per heavy atom. The fourth-order valence-corrected chi connectivity index (χ4v) is 2.32. The molecule has 2 nitrogen and oxygen atoms in total. The Morgan fingerprint density at radius 3 is 2.73 bits per heavy atom. The number of rotatable bonds is 3. The van der Waals surface area contributed by atoms with Gasteiger partial charge in [0, 0.05) is 18.6 Å². The summed E-state index contributed by atoms with van der Waals surface area (Å²) in [5, 5.41) is 0. The van der Waals surface area contributed by atoms with E-state index in [9.17, 15) is 0 Å². The first-order chi connectivity index (χ1) is 7.27. The number of hydrogen-bond donors (Lipinski definition) is 1. The van der Waals surface area contributed by atoms with Gasteiger partial charge in [-0.3, -0.25) is 4.90 Å². The molecule has 0 bridgehead atoms. The highest BCUT2D eigenvalue weighted by atomic mass is 15.2. The predicted molar refractivity (Wildman–Crippen MR) is 63.6 cm³/mol. The van der Waals surface area contributed by atoms with Crippen molar-refractivity contribution in [2.75, 3.05) is 13.1 Å². The van der Waals surface area contributed by atoms with E-state index in [2.05, 4.69) is 36.1 Å². The van der Waals surface area contributed by atoms with Crippen LogP contribution in [0, 0.1) is 0 Å². The van der Waals surface area contributed by atoms with E-state index in [0.29, 0.717) is 6.04 Å². The maximum Gasteiger partial charge on any atom is 0.0424 e. The maximum atomic E-state index is 6.20. The van der Waals surface area contributed by atoms with Crippen molar-refractivity contribution in [3.8, 4) is 0 Å². The molecule has 82 valence electrons. The van der Waals surface area contributed by atoms with Gasteiger partial charge in [0.1, 0.15) is 0 Å². The third-order valence-electron chi connectivity index (χ3n) is 3.35. The average molecular weight is 204 g/mol. The Labute approximate surface area is 92.1 Å². The fourth-order valence-electron chi connectivity index (χ4n) is 2.32. The Morgan fingerprint density at radius 2 is 2.13 bits per heavy atom. The Kier molecular flexibility index (Phi) is 3.39. The molecule has 2 rings (SSSR count). The van der Waals surface area contributed by atoms with Crippen LogP contribution in [0.25, 0.3) is 0 Å². The van der Waals surface area contributed by atoms with Gasteiger partial charge in [0.15, 0.2) is 0 Å². The first-order valence-electron chi connectivity index (χ1n) is 5.82. The molecule has 0 amide bonds. The highest BCUT2D eigenvalue weighted by Crippen LogP contribution is 2.20. The van der Waals surface area contributed by atoms with Crippen LogP contribution in [0.3, 0.4) is 0 Å². The molecule has 1 aromatic carbocycles. The van der Waals surface area contributed by atoms with Gasteiger partial charge in [-0.2, -0.15) is 0 Å². The number of hydrogen-bond acceptors (Lipinski definition) is 2. The molecular weight excluding hydrogens is 184 g/mol. The second kappa shape index (κ2) is 4.77. The van der Waals surface area contributed by atoms with Crippen LogP contribution in [0.1, 0.15) is 31.4 Å². The molecule has 0 aliphatic carbocycles. The molecule has 1 heterocycles. The number of nitrogens with two attached hydrogens (primary N) is 1. The molecule has 0 aromatic heterocycles. The number of benzene rings is 1. The third kappa shape index (κ3) is 2.58. The molecule has 2 heteroatoms. The van der Waals surface area contributed by atoms with E-state index >= 15 is 0 Å². The van der Waals surface area contributed by atoms with Crippen LogP contribution >= 0.6 is 0 Å². The summed E-state index contributed by atoms with van der Waals surface area (Å²) in [6.07, 6.45) is 2.64. The van der Waals surface area contributed by atoms with Crippen LogP contribution in [0.5, 0.6) is 0 Å². The van der Waals surface area contributed by atoms with Crippen molar-refractivity contribution in [1.82, 2.24) is 4.90 Å². The minimum Gasteiger partial charge on any atom is -0.323 e. The summed E-state index contributed by atoms with van der Waals surface area (Å²) in [7, 11) is 0. The summed E-state index contributed by atoms with van der Waals surface area (Å²) < 4.78 is 0. The van der Waals surface area contributed by atoms with E-state index in [0.717, 1.165) is 6.54 Å². The molecule has 0 spiro atoms. The standard InChI is InChI=1S/C13H20N2/c1-11-6-5-9-15(11)10-13(14)12-7-3-2-4-8-12/h2-4,7-8,11,13H,5-6,9-10,14H2,1H3/t11-,13+/m0/s1. The summed E-state index contributed by atoms with van der Waals surface area (Å²) in [5.41, 5.74) is 7.44. The van der Waals surface area contributed by atoms with Crippen molar-refractivity contribution in [1.29, 1.82) is 0 Å². The van der Waals surface area contributed by atoms with Crippen molar-refractivity contribution in [2.24, 2.45) is 5.73 Å². The van der Waals surface area contributed by atoms with Crippen molar-refractivity contribution < 1.29 is 0 Å². The van der Waals surface area contributed by atoms with Gasteiger partial charge in [-0.15, -0.1) is 0 Å². The minimum absolute atomic E-state index is 0.159. The zero-order valence-corrected chi connectivity index (χ0v) is 9.39. The number of likely N-dealkylation sites (tertiary alicyclic amines) is 1. The van der Waals surface area contributed by atoms with E-state index in [1.165, 1.54) is 24.9 Å². The van der Waals surface area contributed by atoms with Crippen molar-refractivity contribution in [3.05, 3.63) is 35.9 Å². The maximum absolute atomic E-state index is 6.20. The van der Waals surface area contributed by atoms with E-state index in [1.54, 1.807) is 0 Å². The van der Waals surface area contributed by atoms with Crippen LogP contribution in [0.4, 0.5) is 0 Å². The predicted octanol–water partition coefficient (Wildman–Crippen LogP) is 2.17. The Balaban J connectivity index is 1.95. The molecule has 1 aliphatic heterocycles.